The third kappa shape index (κ3) is 7.70. The van der Waals surface area contributed by atoms with E-state index in [1.165, 1.54) is 26.6 Å². The number of hydrogen-bond donors (Lipinski definition) is 3. The van der Waals surface area contributed by atoms with Gasteiger partial charge in [0.2, 0.25) is 11.8 Å². The van der Waals surface area contributed by atoms with Gasteiger partial charge < -0.3 is 25.1 Å². The lowest BCUT2D eigenvalue weighted by Crippen LogP contribution is -2.41. The maximum atomic E-state index is 12.7. The predicted octanol–water partition coefficient (Wildman–Crippen LogP) is 0.909. The number of nitrogens with zero attached hydrogens (tertiary/aromatic N) is 2. The fraction of sp³-hybridized carbons (Fsp3) is 0.478. The zero-order chi connectivity index (χ0) is 26.2. The van der Waals surface area contributed by atoms with E-state index in [-0.39, 0.29) is 37.0 Å². The van der Waals surface area contributed by atoms with Crippen molar-refractivity contribution in [2.75, 3.05) is 19.5 Å². The quantitative estimate of drug-likeness (QED) is 0.366. The molecule has 0 fully saturated rings. The summed E-state index contributed by atoms with van der Waals surface area (Å²) in [5, 5.41) is 5.45. The first kappa shape index (κ1) is 27.1. The van der Waals surface area contributed by atoms with E-state index in [0.717, 1.165) is 4.57 Å². The van der Waals surface area contributed by atoms with E-state index in [9.17, 15) is 24.0 Å². The monoisotopic (exact) mass is 487 g/mol. The molecule has 2 rings (SSSR count). The number of carbonyl (C=O) groups is 4. The van der Waals surface area contributed by atoms with Gasteiger partial charge in [0.15, 0.2) is 0 Å². The topological polar surface area (TPSA) is 161 Å². The zero-order valence-corrected chi connectivity index (χ0v) is 20.3. The van der Waals surface area contributed by atoms with Gasteiger partial charge in [-0.1, -0.05) is 26.7 Å². The van der Waals surface area contributed by atoms with E-state index >= 15 is 0 Å². The molecule has 0 aliphatic rings. The first-order valence-corrected chi connectivity index (χ1v) is 10.8. The van der Waals surface area contributed by atoms with E-state index in [4.69, 9.17) is 0 Å². The molecule has 1 atom stereocenters. The van der Waals surface area contributed by atoms with Crippen molar-refractivity contribution in [3.8, 4) is 12.0 Å². The summed E-state index contributed by atoms with van der Waals surface area (Å²) in [5.74, 6) is 1.18. The molecule has 0 aliphatic carbocycles. The maximum absolute atomic E-state index is 12.7. The molecule has 2 heterocycles. The van der Waals surface area contributed by atoms with Crippen LogP contribution in [0.1, 0.15) is 46.5 Å². The number of aromatic amines is 1. The van der Waals surface area contributed by atoms with Crippen molar-refractivity contribution in [3.63, 3.8) is 0 Å². The highest BCUT2D eigenvalue weighted by Gasteiger charge is 2.23. The van der Waals surface area contributed by atoms with Crippen LogP contribution < -0.4 is 16.2 Å². The van der Waals surface area contributed by atoms with Crippen molar-refractivity contribution >= 4 is 40.6 Å². The summed E-state index contributed by atoms with van der Waals surface area (Å²) >= 11 is 0. The summed E-state index contributed by atoms with van der Waals surface area (Å²) in [6.07, 6.45) is 1.27. The Morgan fingerprint density at radius 1 is 1.17 bits per heavy atom. The van der Waals surface area contributed by atoms with Gasteiger partial charge >= 0.3 is 11.9 Å². The van der Waals surface area contributed by atoms with Crippen LogP contribution in [0.2, 0.25) is 0 Å². The molecule has 12 nitrogen and oxygen atoms in total. The number of hydrogen-bond acceptors (Lipinski definition) is 8. The minimum absolute atomic E-state index is 0.0344. The number of aromatic nitrogens is 3. The highest BCUT2D eigenvalue weighted by molar-refractivity contribution is 5.96. The molecule has 0 saturated carbocycles. The average Bonchev–Trinajstić information content (AvgIpc) is 3.22. The van der Waals surface area contributed by atoms with Gasteiger partial charge in [-0.3, -0.25) is 19.2 Å². The fourth-order valence-electron chi connectivity index (χ4n) is 2.80. The van der Waals surface area contributed by atoms with Crippen LogP contribution in [0.15, 0.2) is 17.2 Å². The number of anilines is 1. The molecule has 35 heavy (non-hydrogen) atoms. The molecule has 0 saturated heterocycles. The summed E-state index contributed by atoms with van der Waals surface area (Å²) < 4.78 is 10.3. The molecule has 0 spiro atoms. The van der Waals surface area contributed by atoms with Crippen LogP contribution in [0.25, 0.3) is 11.0 Å². The number of rotatable bonds is 8. The Labute approximate surface area is 201 Å². The van der Waals surface area contributed by atoms with Gasteiger partial charge in [-0.2, -0.15) is 0 Å². The van der Waals surface area contributed by atoms with Gasteiger partial charge in [-0.05, 0) is 12.5 Å². The van der Waals surface area contributed by atoms with E-state index in [0.29, 0.717) is 11.5 Å². The summed E-state index contributed by atoms with van der Waals surface area (Å²) in [6.45, 7) is 5.30. The van der Waals surface area contributed by atoms with Crippen LogP contribution in [0.3, 0.4) is 0 Å². The largest absolute Gasteiger partial charge is 0.469 e. The predicted molar refractivity (Wildman–Crippen MR) is 126 cm³/mol. The third-order valence-corrected chi connectivity index (χ3v) is 4.84. The van der Waals surface area contributed by atoms with Crippen molar-refractivity contribution in [3.05, 3.63) is 22.7 Å². The number of carbonyl (C=O) groups excluding carboxylic acids is 4. The molecule has 0 radical (unpaired) electrons. The number of H-pyrrole nitrogens is 1. The summed E-state index contributed by atoms with van der Waals surface area (Å²) in [5.41, 5.74) is -0.744. The Balaban J connectivity index is 2.01. The molecule has 0 aromatic carbocycles. The van der Waals surface area contributed by atoms with Gasteiger partial charge in [0.1, 0.15) is 23.8 Å². The first-order valence-electron chi connectivity index (χ1n) is 10.8. The Bertz CT molecular complexity index is 1230. The smallest absolute Gasteiger partial charge is 0.328 e. The molecule has 2 aromatic rings. The third-order valence-electron chi connectivity index (χ3n) is 4.84. The lowest BCUT2D eigenvalue weighted by atomic mass is 9.96. The second-order valence-corrected chi connectivity index (χ2v) is 8.62. The Morgan fingerprint density at radius 3 is 2.51 bits per heavy atom. The highest BCUT2D eigenvalue weighted by atomic mass is 16.5. The van der Waals surface area contributed by atoms with Crippen molar-refractivity contribution in [1.29, 1.82) is 0 Å². The minimum Gasteiger partial charge on any atom is -0.469 e. The Hall–Kier alpha value is -4.14. The molecule has 2 amide bonds. The maximum Gasteiger partial charge on any atom is 0.328 e. The first-order chi connectivity index (χ1) is 16.5. The van der Waals surface area contributed by atoms with Crippen LogP contribution in [0.4, 0.5) is 5.82 Å². The van der Waals surface area contributed by atoms with Crippen LogP contribution in [-0.2, 0) is 28.7 Å². The second-order valence-electron chi connectivity index (χ2n) is 8.62. The average molecular weight is 488 g/mol. The number of amides is 2. The molecule has 188 valence electrons. The van der Waals surface area contributed by atoms with Gasteiger partial charge in [0.05, 0.1) is 19.6 Å². The standard InChI is InChI=1S/C23H29N5O7/c1-23(2,3)22(33)27-16-12-14-19(26-16)24-13-28(20(14)31)11-7-6-8-17(29)25-15(21(32)35-5)9-10-18(30)34-4/h12-13,15,26H,6,8-10H2,1-5H3,(H,25,29)(H,27,33)/t15-/m0/s1. The van der Waals surface area contributed by atoms with Crippen molar-refractivity contribution in [1.82, 2.24) is 19.9 Å². The lowest BCUT2D eigenvalue weighted by molar-refractivity contribution is -0.146. The van der Waals surface area contributed by atoms with Crippen LogP contribution in [0, 0.1) is 17.4 Å². The normalized spacial score (nSPS) is 11.7. The lowest BCUT2D eigenvalue weighted by Gasteiger charge is -2.16. The van der Waals surface area contributed by atoms with Crippen LogP contribution >= 0.6 is 0 Å². The number of ether oxygens (including phenoxy) is 2. The number of esters is 2. The Morgan fingerprint density at radius 2 is 1.89 bits per heavy atom. The van der Waals surface area contributed by atoms with Crippen molar-refractivity contribution in [2.24, 2.45) is 5.41 Å². The number of fused-ring (bicyclic) bond motifs is 1. The molecule has 2 aromatic heterocycles. The Kier molecular flexibility index (Phi) is 9.16. The molecule has 0 bridgehead atoms. The van der Waals surface area contributed by atoms with Gasteiger partial charge in [0.25, 0.3) is 5.56 Å². The van der Waals surface area contributed by atoms with E-state index in [2.05, 4.69) is 42.0 Å². The van der Waals surface area contributed by atoms with Crippen molar-refractivity contribution < 1.29 is 28.7 Å². The molecule has 0 aliphatic heterocycles. The van der Waals surface area contributed by atoms with E-state index in [1.807, 2.05) is 0 Å². The minimum atomic E-state index is -0.990. The molecule has 12 heteroatoms. The second kappa shape index (κ2) is 11.8. The number of methoxy groups -OCH3 is 2. The molecule has 0 unspecified atom stereocenters. The van der Waals surface area contributed by atoms with Crippen molar-refractivity contribution in [2.45, 2.75) is 52.5 Å². The summed E-state index contributed by atoms with van der Waals surface area (Å²) in [6, 6.07) is 3.12. The zero-order valence-electron chi connectivity index (χ0n) is 20.3. The highest BCUT2D eigenvalue weighted by Crippen LogP contribution is 2.18. The van der Waals surface area contributed by atoms with Gasteiger partial charge in [-0.15, -0.1) is 0 Å². The van der Waals surface area contributed by atoms with Crippen LogP contribution in [-0.4, -0.2) is 58.5 Å². The summed E-state index contributed by atoms with van der Waals surface area (Å²) in [7, 11) is 2.41. The van der Waals surface area contributed by atoms with Gasteiger partial charge in [0, 0.05) is 30.7 Å². The number of nitrogens with one attached hydrogen (secondary N) is 3. The summed E-state index contributed by atoms with van der Waals surface area (Å²) in [4.78, 5) is 67.2. The molecular formula is C23H29N5O7. The SMILES string of the molecule is COC(=O)CC[C@H](NC(=O)CCC#Cn1cnc2[nH]c(NC(=O)C(C)(C)C)cc2c1=O)C(=O)OC. The van der Waals surface area contributed by atoms with E-state index < -0.39 is 34.9 Å². The fourth-order valence-corrected chi connectivity index (χ4v) is 2.80. The van der Waals surface area contributed by atoms with Gasteiger partial charge in [-0.25, -0.2) is 14.3 Å². The molecule has 3 N–H and O–H groups in total. The van der Waals surface area contributed by atoms with Crippen LogP contribution in [0.5, 0.6) is 0 Å². The molecular weight excluding hydrogens is 458 g/mol. The van der Waals surface area contributed by atoms with E-state index in [1.54, 1.807) is 20.8 Å².